The Labute approximate surface area is 127 Å². The lowest BCUT2D eigenvalue weighted by molar-refractivity contribution is 0.254. The molecule has 1 aliphatic rings. The molecular formula is C14H16ClN3OS. The molecule has 0 spiro atoms. The van der Waals surface area contributed by atoms with Crippen LogP contribution in [0.25, 0.3) is 11.4 Å². The van der Waals surface area contributed by atoms with Gasteiger partial charge in [-0.3, -0.25) is 0 Å². The Kier molecular flexibility index (Phi) is 3.75. The molecule has 0 amide bonds. The molecule has 1 unspecified atom stereocenters. The first-order chi connectivity index (χ1) is 9.63. The molecule has 0 saturated heterocycles. The van der Waals surface area contributed by atoms with E-state index in [2.05, 4.69) is 21.7 Å². The minimum absolute atomic E-state index is 0.145. The lowest BCUT2D eigenvalue weighted by Crippen LogP contribution is -2.28. The fraction of sp³-hybridized carbons (Fsp3) is 0.429. The van der Waals surface area contributed by atoms with Crippen LogP contribution in [0.5, 0.6) is 0 Å². The van der Waals surface area contributed by atoms with Crippen molar-refractivity contribution >= 4 is 23.4 Å². The third-order valence-electron chi connectivity index (χ3n) is 3.57. The Hall–Kier alpha value is -1.04. The molecule has 2 heterocycles. The maximum Gasteiger partial charge on any atom is 0.165 e. The monoisotopic (exact) mass is 309 g/mol. The van der Waals surface area contributed by atoms with Crippen molar-refractivity contribution in [2.45, 2.75) is 24.6 Å². The Morgan fingerprint density at radius 1 is 1.40 bits per heavy atom. The number of aliphatic hydroxyl groups is 1. The molecule has 20 heavy (non-hydrogen) atoms. The number of thioether (sulfide) groups is 1. The Morgan fingerprint density at radius 3 is 2.95 bits per heavy atom. The first-order valence-corrected chi connectivity index (χ1v) is 7.91. The molecular weight excluding hydrogens is 294 g/mol. The van der Waals surface area contributed by atoms with E-state index in [9.17, 15) is 5.11 Å². The van der Waals surface area contributed by atoms with Crippen molar-refractivity contribution in [3.05, 3.63) is 35.1 Å². The highest BCUT2D eigenvalue weighted by molar-refractivity contribution is 8.00. The molecule has 1 aromatic heterocycles. The number of hydrogen-bond acceptors (Lipinski definition) is 4. The van der Waals surface area contributed by atoms with Gasteiger partial charge in [-0.1, -0.05) is 23.7 Å². The Morgan fingerprint density at radius 2 is 2.20 bits per heavy atom. The number of nitrogens with zero attached hydrogens (tertiary/aromatic N) is 3. The van der Waals surface area contributed by atoms with E-state index < -0.39 is 0 Å². The third kappa shape index (κ3) is 2.45. The second-order valence-corrected chi connectivity index (χ2v) is 7.29. The summed E-state index contributed by atoms with van der Waals surface area (Å²) in [5.41, 5.74) is 0.908. The summed E-state index contributed by atoms with van der Waals surface area (Å²) in [5, 5.41) is 18.9. The molecule has 0 fully saturated rings. The van der Waals surface area contributed by atoms with Crippen molar-refractivity contribution in [1.29, 1.82) is 0 Å². The highest BCUT2D eigenvalue weighted by atomic mass is 35.5. The highest BCUT2D eigenvalue weighted by Gasteiger charge is 2.31. The number of aromatic nitrogens is 3. The van der Waals surface area contributed by atoms with Gasteiger partial charge in [0.25, 0.3) is 0 Å². The van der Waals surface area contributed by atoms with E-state index in [1.54, 1.807) is 11.8 Å². The van der Waals surface area contributed by atoms with Crippen molar-refractivity contribution < 1.29 is 5.11 Å². The second kappa shape index (κ2) is 5.39. The normalized spacial score (nSPS) is 22.4. The maximum atomic E-state index is 9.57. The van der Waals surface area contributed by atoms with E-state index >= 15 is 0 Å². The average Bonchev–Trinajstić information content (AvgIpc) is 2.74. The van der Waals surface area contributed by atoms with Crippen molar-refractivity contribution in [3.63, 3.8) is 0 Å². The molecule has 106 valence electrons. The summed E-state index contributed by atoms with van der Waals surface area (Å²) in [6.07, 6.45) is 0.714. The number of halogens is 1. The number of hydrogen-bond donors (Lipinski definition) is 1. The highest BCUT2D eigenvalue weighted by Crippen LogP contribution is 2.34. The molecule has 2 aromatic rings. The molecule has 1 aliphatic heterocycles. The van der Waals surface area contributed by atoms with Gasteiger partial charge in [-0.15, -0.1) is 10.2 Å². The van der Waals surface area contributed by atoms with Gasteiger partial charge in [0, 0.05) is 29.0 Å². The Bertz CT molecular complexity index is 631. The zero-order valence-corrected chi connectivity index (χ0v) is 12.8. The van der Waals surface area contributed by atoms with Crippen LogP contribution in [-0.4, -0.2) is 37.0 Å². The van der Waals surface area contributed by atoms with Crippen LogP contribution in [-0.2, 0) is 13.0 Å². The fourth-order valence-corrected chi connectivity index (χ4v) is 3.72. The van der Waals surface area contributed by atoms with E-state index in [0.29, 0.717) is 11.4 Å². The van der Waals surface area contributed by atoms with Crippen molar-refractivity contribution in [1.82, 2.24) is 14.8 Å². The largest absolute Gasteiger partial charge is 0.395 e. The SMILES string of the molecule is CC1(CO)Cc2nnc(-c3ccccc3Cl)n2CCS1. The molecule has 6 heteroatoms. The topological polar surface area (TPSA) is 50.9 Å². The van der Waals surface area contributed by atoms with Gasteiger partial charge in [0.1, 0.15) is 5.82 Å². The number of benzene rings is 1. The van der Waals surface area contributed by atoms with Gasteiger partial charge >= 0.3 is 0 Å². The summed E-state index contributed by atoms with van der Waals surface area (Å²) in [4.78, 5) is 0. The first-order valence-electron chi connectivity index (χ1n) is 6.55. The molecule has 0 aliphatic carbocycles. The van der Waals surface area contributed by atoms with Crippen LogP contribution in [0.15, 0.2) is 24.3 Å². The molecule has 4 nitrogen and oxygen atoms in total. The predicted octanol–water partition coefficient (Wildman–Crippen LogP) is 2.64. The number of fused-ring (bicyclic) bond motifs is 1. The first kappa shape index (κ1) is 13.9. The fourth-order valence-electron chi connectivity index (χ4n) is 2.41. The van der Waals surface area contributed by atoms with Crippen molar-refractivity contribution in [3.8, 4) is 11.4 Å². The lowest BCUT2D eigenvalue weighted by Gasteiger charge is -2.23. The Balaban J connectivity index is 2.04. The van der Waals surface area contributed by atoms with Crippen LogP contribution in [0.2, 0.25) is 5.02 Å². The summed E-state index contributed by atoms with van der Waals surface area (Å²) >= 11 is 8.04. The molecule has 1 atom stereocenters. The zero-order valence-electron chi connectivity index (χ0n) is 11.2. The molecule has 1 N–H and O–H groups in total. The second-order valence-electron chi connectivity index (χ2n) is 5.20. The van der Waals surface area contributed by atoms with Gasteiger partial charge in [0.15, 0.2) is 5.82 Å². The van der Waals surface area contributed by atoms with Crippen LogP contribution < -0.4 is 0 Å². The quantitative estimate of drug-likeness (QED) is 0.926. The molecule has 0 saturated carbocycles. The van der Waals surface area contributed by atoms with E-state index in [1.807, 2.05) is 24.3 Å². The standard InChI is InChI=1S/C14H16ClN3OS/c1-14(9-19)8-12-16-17-13(18(12)6-7-20-14)10-4-2-3-5-11(10)15/h2-5,19H,6-9H2,1H3. The molecule has 3 rings (SSSR count). The van der Waals surface area contributed by atoms with Crippen LogP contribution >= 0.6 is 23.4 Å². The number of rotatable bonds is 2. The van der Waals surface area contributed by atoms with Gasteiger partial charge in [0.05, 0.1) is 11.6 Å². The van der Waals surface area contributed by atoms with Gasteiger partial charge in [-0.25, -0.2) is 0 Å². The number of aliphatic hydroxyl groups excluding tert-OH is 1. The van der Waals surface area contributed by atoms with Crippen molar-refractivity contribution in [2.24, 2.45) is 0 Å². The van der Waals surface area contributed by atoms with Crippen LogP contribution in [0.3, 0.4) is 0 Å². The van der Waals surface area contributed by atoms with Gasteiger partial charge in [-0.05, 0) is 19.1 Å². The zero-order chi connectivity index (χ0) is 14.2. The summed E-state index contributed by atoms with van der Waals surface area (Å²) in [6, 6.07) is 7.68. The third-order valence-corrected chi connectivity index (χ3v) is 5.26. The average molecular weight is 310 g/mol. The minimum Gasteiger partial charge on any atom is -0.395 e. The van der Waals surface area contributed by atoms with Gasteiger partial charge in [-0.2, -0.15) is 11.8 Å². The molecule has 1 aromatic carbocycles. The van der Waals surface area contributed by atoms with Gasteiger partial charge < -0.3 is 9.67 Å². The minimum atomic E-state index is -0.182. The van der Waals surface area contributed by atoms with Gasteiger partial charge in [0.2, 0.25) is 0 Å². The van der Waals surface area contributed by atoms with E-state index in [0.717, 1.165) is 29.5 Å². The molecule has 0 radical (unpaired) electrons. The maximum absolute atomic E-state index is 9.57. The summed E-state index contributed by atoms with van der Waals surface area (Å²) in [7, 11) is 0. The van der Waals surface area contributed by atoms with E-state index in [-0.39, 0.29) is 11.4 Å². The van der Waals surface area contributed by atoms with E-state index in [4.69, 9.17) is 11.6 Å². The lowest BCUT2D eigenvalue weighted by atomic mass is 10.1. The van der Waals surface area contributed by atoms with Crippen molar-refractivity contribution in [2.75, 3.05) is 12.4 Å². The summed E-state index contributed by atoms with van der Waals surface area (Å²) < 4.78 is 1.94. The van der Waals surface area contributed by atoms with Crippen LogP contribution in [0, 0.1) is 0 Å². The summed E-state index contributed by atoms with van der Waals surface area (Å²) in [5.74, 6) is 2.66. The van der Waals surface area contributed by atoms with Crippen LogP contribution in [0.1, 0.15) is 12.7 Å². The smallest absolute Gasteiger partial charge is 0.165 e. The predicted molar refractivity (Wildman–Crippen MR) is 82.1 cm³/mol. The summed E-state index contributed by atoms with van der Waals surface area (Å²) in [6.45, 7) is 3.05. The van der Waals surface area contributed by atoms with Crippen LogP contribution in [0.4, 0.5) is 0 Å². The van der Waals surface area contributed by atoms with E-state index in [1.165, 1.54) is 0 Å². The molecule has 0 bridgehead atoms.